The Morgan fingerprint density at radius 1 is 1.35 bits per heavy atom. The molecule has 0 radical (unpaired) electrons. The Bertz CT molecular complexity index is 498. The SMILES string of the molecule is CC[C@H]1CC(C2CCN(c3ncc(F)cn3)C[C@H]2OC)CCN1. The summed E-state index contributed by atoms with van der Waals surface area (Å²) in [5.41, 5.74) is 0. The van der Waals surface area contributed by atoms with E-state index in [1.165, 1.54) is 31.7 Å². The van der Waals surface area contributed by atoms with Gasteiger partial charge < -0.3 is 15.0 Å². The van der Waals surface area contributed by atoms with Crippen LogP contribution in [0.1, 0.15) is 32.6 Å². The third kappa shape index (κ3) is 3.80. The molecular formula is C17H27FN4O. The Morgan fingerprint density at radius 3 is 2.83 bits per heavy atom. The van der Waals surface area contributed by atoms with E-state index >= 15 is 0 Å². The third-order valence-corrected chi connectivity index (χ3v) is 5.44. The van der Waals surface area contributed by atoms with Crippen molar-refractivity contribution in [2.75, 3.05) is 31.6 Å². The van der Waals surface area contributed by atoms with Crippen LogP contribution in [0.15, 0.2) is 12.4 Å². The summed E-state index contributed by atoms with van der Waals surface area (Å²) in [4.78, 5) is 10.3. The number of rotatable bonds is 4. The fraction of sp³-hybridized carbons (Fsp3) is 0.765. The van der Waals surface area contributed by atoms with Crippen LogP contribution in [0.25, 0.3) is 0 Å². The van der Waals surface area contributed by atoms with Gasteiger partial charge in [-0.3, -0.25) is 0 Å². The average molecular weight is 322 g/mol. The lowest BCUT2D eigenvalue weighted by molar-refractivity contribution is 0.00524. The van der Waals surface area contributed by atoms with E-state index in [4.69, 9.17) is 4.74 Å². The van der Waals surface area contributed by atoms with Crippen LogP contribution in [0.2, 0.25) is 0 Å². The highest BCUT2D eigenvalue weighted by atomic mass is 19.1. The van der Waals surface area contributed by atoms with E-state index in [1.54, 1.807) is 7.11 Å². The predicted octanol–water partition coefficient (Wildman–Crippen LogP) is 2.24. The second-order valence-corrected chi connectivity index (χ2v) is 6.72. The number of nitrogens with zero attached hydrogens (tertiary/aromatic N) is 3. The molecule has 0 aliphatic carbocycles. The lowest BCUT2D eigenvalue weighted by Crippen LogP contribution is -2.50. The van der Waals surface area contributed by atoms with Gasteiger partial charge in [0.25, 0.3) is 0 Å². The number of methoxy groups -OCH3 is 1. The Labute approximate surface area is 137 Å². The van der Waals surface area contributed by atoms with Gasteiger partial charge in [-0.25, -0.2) is 14.4 Å². The molecule has 2 fully saturated rings. The number of aromatic nitrogens is 2. The summed E-state index contributed by atoms with van der Waals surface area (Å²) < 4.78 is 18.8. The summed E-state index contributed by atoms with van der Waals surface area (Å²) in [7, 11) is 1.80. The van der Waals surface area contributed by atoms with Crippen LogP contribution in [-0.2, 0) is 4.74 Å². The van der Waals surface area contributed by atoms with Gasteiger partial charge in [-0.05, 0) is 44.1 Å². The number of ether oxygens (including phenoxy) is 1. The standard InChI is InChI=1S/C17H27FN4O/c1-3-14-8-12(4-6-19-14)15-5-7-22(11-16(15)23-2)17-20-9-13(18)10-21-17/h9-10,12,14-16,19H,3-8,11H2,1-2H3/t12?,14-,15?,16+/m0/s1. The van der Waals surface area contributed by atoms with E-state index in [9.17, 15) is 4.39 Å². The van der Waals surface area contributed by atoms with Crippen molar-refractivity contribution in [2.45, 2.75) is 44.8 Å². The zero-order valence-electron chi connectivity index (χ0n) is 14.0. The first kappa shape index (κ1) is 16.6. The van der Waals surface area contributed by atoms with Gasteiger partial charge in [0.05, 0.1) is 18.5 Å². The van der Waals surface area contributed by atoms with Crippen LogP contribution in [0.3, 0.4) is 0 Å². The van der Waals surface area contributed by atoms with Gasteiger partial charge in [0.2, 0.25) is 5.95 Å². The van der Waals surface area contributed by atoms with Crippen molar-refractivity contribution in [2.24, 2.45) is 11.8 Å². The highest BCUT2D eigenvalue weighted by molar-refractivity contribution is 5.30. The summed E-state index contributed by atoms with van der Waals surface area (Å²) in [6.45, 7) is 5.06. The number of hydrogen-bond acceptors (Lipinski definition) is 5. The van der Waals surface area contributed by atoms with Crippen molar-refractivity contribution >= 4 is 5.95 Å². The van der Waals surface area contributed by atoms with Crippen LogP contribution in [0.4, 0.5) is 10.3 Å². The molecule has 128 valence electrons. The number of anilines is 1. The molecule has 0 bridgehead atoms. The zero-order valence-corrected chi connectivity index (χ0v) is 14.0. The monoisotopic (exact) mass is 322 g/mol. The topological polar surface area (TPSA) is 50.3 Å². The van der Waals surface area contributed by atoms with Gasteiger partial charge in [0, 0.05) is 26.2 Å². The van der Waals surface area contributed by atoms with Crippen molar-refractivity contribution in [1.82, 2.24) is 15.3 Å². The Morgan fingerprint density at radius 2 is 2.13 bits per heavy atom. The Kier molecular flexibility index (Phi) is 5.43. The molecule has 1 N–H and O–H groups in total. The van der Waals surface area contributed by atoms with Crippen LogP contribution in [0.5, 0.6) is 0 Å². The normalized spacial score (nSPS) is 32.0. The van der Waals surface area contributed by atoms with Crippen molar-refractivity contribution in [3.63, 3.8) is 0 Å². The van der Waals surface area contributed by atoms with Crippen molar-refractivity contribution < 1.29 is 9.13 Å². The fourth-order valence-electron chi connectivity index (χ4n) is 4.11. The molecule has 23 heavy (non-hydrogen) atoms. The van der Waals surface area contributed by atoms with E-state index < -0.39 is 5.82 Å². The molecule has 0 aromatic carbocycles. The van der Waals surface area contributed by atoms with Crippen LogP contribution < -0.4 is 10.2 Å². The maximum absolute atomic E-state index is 13.0. The van der Waals surface area contributed by atoms with Gasteiger partial charge >= 0.3 is 0 Å². The number of hydrogen-bond donors (Lipinski definition) is 1. The molecule has 0 spiro atoms. The summed E-state index contributed by atoms with van der Waals surface area (Å²) in [5, 5.41) is 3.60. The minimum atomic E-state index is -0.396. The molecular weight excluding hydrogens is 295 g/mol. The van der Waals surface area contributed by atoms with Gasteiger partial charge in [0.15, 0.2) is 5.82 Å². The second-order valence-electron chi connectivity index (χ2n) is 6.72. The van der Waals surface area contributed by atoms with Crippen LogP contribution >= 0.6 is 0 Å². The highest BCUT2D eigenvalue weighted by Gasteiger charge is 2.37. The number of halogens is 1. The molecule has 4 atom stereocenters. The second kappa shape index (κ2) is 7.53. The minimum Gasteiger partial charge on any atom is -0.379 e. The maximum atomic E-state index is 13.0. The summed E-state index contributed by atoms with van der Waals surface area (Å²) in [5.74, 6) is 1.52. The summed E-state index contributed by atoms with van der Waals surface area (Å²) in [6, 6.07) is 0.643. The van der Waals surface area contributed by atoms with Crippen molar-refractivity contribution in [3.8, 4) is 0 Å². The molecule has 2 saturated heterocycles. The summed E-state index contributed by atoms with van der Waals surface area (Å²) >= 11 is 0. The van der Waals surface area contributed by atoms with Gasteiger partial charge in [-0.1, -0.05) is 6.92 Å². The van der Waals surface area contributed by atoms with Crippen molar-refractivity contribution in [3.05, 3.63) is 18.2 Å². The molecule has 0 saturated carbocycles. The zero-order chi connectivity index (χ0) is 16.2. The fourth-order valence-corrected chi connectivity index (χ4v) is 4.11. The largest absolute Gasteiger partial charge is 0.379 e. The van der Waals surface area contributed by atoms with Crippen LogP contribution in [-0.4, -0.2) is 48.9 Å². The molecule has 2 aliphatic heterocycles. The minimum absolute atomic E-state index is 0.193. The van der Waals surface area contributed by atoms with E-state index in [-0.39, 0.29) is 6.10 Å². The third-order valence-electron chi connectivity index (χ3n) is 5.44. The molecule has 3 heterocycles. The molecule has 3 rings (SSSR count). The molecule has 2 aliphatic rings. The molecule has 1 aromatic rings. The van der Waals surface area contributed by atoms with E-state index in [2.05, 4.69) is 27.1 Å². The van der Waals surface area contributed by atoms with Gasteiger partial charge in [-0.15, -0.1) is 0 Å². The summed E-state index contributed by atoms with van der Waals surface area (Å²) in [6.07, 6.45) is 7.40. The first-order valence-electron chi connectivity index (χ1n) is 8.70. The molecule has 6 heteroatoms. The average Bonchev–Trinajstić information content (AvgIpc) is 2.62. The van der Waals surface area contributed by atoms with Gasteiger partial charge in [-0.2, -0.15) is 0 Å². The molecule has 2 unspecified atom stereocenters. The highest BCUT2D eigenvalue weighted by Crippen LogP contribution is 2.35. The molecule has 1 aromatic heterocycles. The van der Waals surface area contributed by atoms with E-state index in [0.29, 0.717) is 17.9 Å². The van der Waals surface area contributed by atoms with Crippen LogP contribution in [0, 0.1) is 17.7 Å². The number of nitrogens with one attached hydrogen (secondary N) is 1. The predicted molar refractivity (Wildman–Crippen MR) is 87.9 cm³/mol. The van der Waals surface area contributed by atoms with E-state index in [0.717, 1.165) is 32.0 Å². The maximum Gasteiger partial charge on any atom is 0.225 e. The lowest BCUT2D eigenvalue weighted by Gasteiger charge is -2.43. The first-order valence-corrected chi connectivity index (χ1v) is 8.70. The molecule has 0 amide bonds. The molecule has 5 nitrogen and oxygen atoms in total. The quantitative estimate of drug-likeness (QED) is 0.921. The lowest BCUT2D eigenvalue weighted by atomic mass is 9.75. The van der Waals surface area contributed by atoms with E-state index in [1.807, 2.05) is 0 Å². The van der Waals surface area contributed by atoms with Crippen molar-refractivity contribution in [1.29, 1.82) is 0 Å². The number of piperidine rings is 2. The first-order chi connectivity index (χ1) is 11.2. The Hall–Kier alpha value is -1.27. The Balaban J connectivity index is 1.65. The van der Waals surface area contributed by atoms with Gasteiger partial charge in [0.1, 0.15) is 0 Å². The smallest absolute Gasteiger partial charge is 0.225 e.